The number of carbonyl (C=O) groups is 6. The van der Waals surface area contributed by atoms with Crippen LogP contribution < -0.4 is 0 Å². The lowest BCUT2D eigenvalue weighted by atomic mass is 9.54. The van der Waals surface area contributed by atoms with Crippen LogP contribution in [0.15, 0.2) is 42.5 Å². The lowest BCUT2D eigenvalue weighted by Gasteiger charge is -2.53. The van der Waals surface area contributed by atoms with Gasteiger partial charge in [-0.3, -0.25) is 24.0 Å². The summed E-state index contributed by atoms with van der Waals surface area (Å²) in [6.45, 7) is 12.9. The van der Waals surface area contributed by atoms with Gasteiger partial charge in [-0.2, -0.15) is 0 Å². The minimum absolute atomic E-state index is 0.00507. The SMILES string of the molecule is CC(=O)O[C@H]1[C@@H]2[C@@H](OC(C)=O)[C@@]34CO[C@](C)([C@H](OC(=O)c5ccccc5)[C@@]2(OC(C)=O)C[C@@H]1C)[C@@H]3[C@@H](C(C)(C)OC(C)=O)C=C[C@H]4OC(C)=O. The van der Waals surface area contributed by atoms with E-state index in [1.54, 1.807) is 70.2 Å². The molecule has 50 heavy (non-hydrogen) atoms. The molecule has 0 radical (unpaired) electrons. The smallest absolute Gasteiger partial charge is 0.338 e. The molecule has 0 unspecified atom stereocenters. The van der Waals surface area contributed by atoms with Crippen molar-refractivity contribution in [3.05, 3.63) is 48.0 Å². The predicted molar refractivity (Wildman–Crippen MR) is 173 cm³/mol. The molecule has 1 aliphatic heterocycles. The first-order valence-corrected chi connectivity index (χ1v) is 16.8. The Morgan fingerprint density at radius 2 is 1.42 bits per heavy atom. The van der Waals surface area contributed by atoms with Crippen LogP contribution in [0.25, 0.3) is 0 Å². The van der Waals surface area contributed by atoms with Crippen molar-refractivity contribution in [3.63, 3.8) is 0 Å². The lowest BCUT2D eigenvalue weighted by Crippen LogP contribution is -2.64. The third-order valence-corrected chi connectivity index (χ3v) is 10.8. The van der Waals surface area contributed by atoms with Crippen molar-refractivity contribution in [2.24, 2.45) is 29.1 Å². The third kappa shape index (κ3) is 6.07. The van der Waals surface area contributed by atoms with E-state index in [-0.39, 0.29) is 18.6 Å². The van der Waals surface area contributed by atoms with Gasteiger partial charge in [0.05, 0.1) is 23.5 Å². The van der Waals surface area contributed by atoms with Crippen LogP contribution in [-0.4, -0.2) is 83.6 Å². The van der Waals surface area contributed by atoms with Gasteiger partial charge in [0, 0.05) is 46.5 Å². The van der Waals surface area contributed by atoms with Gasteiger partial charge in [0.2, 0.25) is 0 Å². The molecule has 1 heterocycles. The van der Waals surface area contributed by atoms with E-state index in [0.29, 0.717) is 0 Å². The number of fused-ring (bicyclic) bond motifs is 1. The Kier molecular flexibility index (Phi) is 9.72. The molecule has 1 saturated heterocycles. The Labute approximate surface area is 291 Å². The van der Waals surface area contributed by atoms with E-state index in [0.717, 1.165) is 0 Å². The molecule has 1 aromatic carbocycles. The highest BCUT2D eigenvalue weighted by Crippen LogP contribution is 2.69. The molecule has 13 nitrogen and oxygen atoms in total. The summed E-state index contributed by atoms with van der Waals surface area (Å²) >= 11 is 0. The van der Waals surface area contributed by atoms with Gasteiger partial charge in [-0.25, -0.2) is 4.79 Å². The maximum atomic E-state index is 14.1. The van der Waals surface area contributed by atoms with Crippen LogP contribution >= 0.6 is 0 Å². The van der Waals surface area contributed by atoms with Crippen molar-refractivity contribution in [1.29, 1.82) is 0 Å². The fourth-order valence-corrected chi connectivity index (χ4v) is 9.57. The van der Waals surface area contributed by atoms with E-state index in [2.05, 4.69) is 0 Å². The topological polar surface area (TPSA) is 167 Å². The number of hydrogen-bond donors (Lipinski definition) is 0. The summed E-state index contributed by atoms with van der Waals surface area (Å²) in [7, 11) is 0. The molecule has 272 valence electrons. The van der Waals surface area contributed by atoms with Crippen molar-refractivity contribution in [2.45, 2.75) is 110 Å². The zero-order chi connectivity index (χ0) is 37.0. The second-order valence-corrected chi connectivity index (χ2v) is 14.7. The highest BCUT2D eigenvalue weighted by Gasteiger charge is 2.82. The summed E-state index contributed by atoms with van der Waals surface area (Å²) in [6.07, 6.45) is -1.46. The number of esters is 6. The lowest BCUT2D eigenvalue weighted by molar-refractivity contribution is -0.239. The summed E-state index contributed by atoms with van der Waals surface area (Å²) < 4.78 is 43.9. The Hall–Kier alpha value is -4.26. The van der Waals surface area contributed by atoms with Gasteiger partial charge in [-0.1, -0.05) is 31.2 Å². The number of hydrogen-bond acceptors (Lipinski definition) is 13. The molecule has 0 spiro atoms. The average molecular weight is 699 g/mol. The predicted octanol–water partition coefficient (Wildman–Crippen LogP) is 3.90. The highest BCUT2D eigenvalue weighted by molar-refractivity contribution is 5.89. The summed E-state index contributed by atoms with van der Waals surface area (Å²) in [5.41, 5.74) is -5.93. The molecule has 0 N–H and O–H groups in total. The van der Waals surface area contributed by atoms with Crippen molar-refractivity contribution in [1.82, 2.24) is 0 Å². The average Bonchev–Trinajstić information content (AvgIpc) is 3.43. The standard InChI is InChI=1S/C37H46O13/c1-19-17-37(50-24(6)42)28(29(19)46-21(3)39)31(47-22(4)40)36-18-44-35(9,33(37)48-32(43)25-13-11-10-12-14-25)30(36)26(34(7,8)49-23(5)41)15-16-27(36)45-20(2)38/h10-16,19,26-31,33H,17-18H2,1-9H3/t19-,26-,27+,28+,29+,30-,31+,33-,35-,36+,37+/m0/s1. The van der Waals surface area contributed by atoms with Gasteiger partial charge >= 0.3 is 35.8 Å². The quantitative estimate of drug-likeness (QED) is 0.218. The number of ether oxygens (including phenoxy) is 7. The van der Waals surface area contributed by atoms with Crippen LogP contribution in [0, 0.1) is 29.1 Å². The fraction of sp³-hybridized carbons (Fsp3) is 0.622. The van der Waals surface area contributed by atoms with Crippen molar-refractivity contribution in [2.75, 3.05) is 6.61 Å². The highest BCUT2D eigenvalue weighted by atomic mass is 16.6. The van der Waals surface area contributed by atoms with Crippen molar-refractivity contribution < 1.29 is 61.9 Å². The first-order chi connectivity index (χ1) is 23.3. The summed E-state index contributed by atoms with van der Waals surface area (Å²) in [4.78, 5) is 78.6. The van der Waals surface area contributed by atoms with Gasteiger partial charge in [0.15, 0.2) is 11.7 Å². The van der Waals surface area contributed by atoms with Gasteiger partial charge in [-0.15, -0.1) is 0 Å². The Balaban J connectivity index is 1.90. The number of carbonyl (C=O) groups excluding carboxylic acids is 6. The van der Waals surface area contributed by atoms with Gasteiger partial charge in [0.25, 0.3) is 0 Å². The van der Waals surface area contributed by atoms with Gasteiger partial charge in [0.1, 0.15) is 29.5 Å². The first-order valence-electron chi connectivity index (χ1n) is 16.8. The van der Waals surface area contributed by atoms with E-state index in [4.69, 9.17) is 33.2 Å². The van der Waals surface area contributed by atoms with Crippen molar-refractivity contribution >= 4 is 35.8 Å². The molecule has 1 aromatic rings. The van der Waals surface area contributed by atoms with E-state index in [9.17, 15) is 28.8 Å². The zero-order valence-corrected chi connectivity index (χ0v) is 29.9. The minimum atomic E-state index is -1.81. The fourth-order valence-electron chi connectivity index (χ4n) is 9.57. The third-order valence-electron chi connectivity index (χ3n) is 10.8. The molecular formula is C37H46O13. The van der Waals surface area contributed by atoms with Crippen LogP contribution in [0.2, 0.25) is 0 Å². The van der Waals surface area contributed by atoms with Gasteiger partial charge < -0.3 is 33.2 Å². The second-order valence-electron chi connectivity index (χ2n) is 14.7. The largest absolute Gasteiger partial charge is 0.462 e. The number of benzene rings is 1. The second kappa shape index (κ2) is 13.1. The monoisotopic (exact) mass is 698 g/mol. The van der Waals surface area contributed by atoms with E-state index in [1.807, 2.05) is 0 Å². The summed E-state index contributed by atoms with van der Waals surface area (Å²) in [5.74, 6) is -7.36. The molecule has 3 fully saturated rings. The maximum absolute atomic E-state index is 14.1. The van der Waals surface area contributed by atoms with Crippen LogP contribution in [0.5, 0.6) is 0 Å². The van der Waals surface area contributed by atoms with Crippen molar-refractivity contribution in [3.8, 4) is 0 Å². The molecule has 2 bridgehead atoms. The van der Waals surface area contributed by atoms with Crippen LogP contribution in [-0.2, 0) is 57.1 Å². The molecule has 2 saturated carbocycles. The normalized spacial score (nSPS) is 36.9. The molecule has 5 rings (SSSR count). The molecule has 11 atom stereocenters. The molecular weight excluding hydrogens is 652 g/mol. The van der Waals surface area contributed by atoms with Crippen LogP contribution in [0.4, 0.5) is 0 Å². The summed E-state index contributed by atoms with van der Waals surface area (Å²) in [5, 5.41) is 0. The summed E-state index contributed by atoms with van der Waals surface area (Å²) in [6, 6.07) is 8.23. The number of rotatable bonds is 8. The first kappa shape index (κ1) is 37.0. The van der Waals surface area contributed by atoms with Crippen LogP contribution in [0.1, 0.15) is 79.1 Å². The van der Waals surface area contributed by atoms with Crippen LogP contribution in [0.3, 0.4) is 0 Å². The Morgan fingerprint density at radius 3 is 1.98 bits per heavy atom. The molecule has 13 heteroatoms. The minimum Gasteiger partial charge on any atom is -0.462 e. The van der Waals surface area contributed by atoms with E-state index < -0.39 is 106 Å². The molecule has 4 aliphatic rings. The Bertz CT molecular complexity index is 1580. The van der Waals surface area contributed by atoms with E-state index >= 15 is 0 Å². The zero-order valence-electron chi connectivity index (χ0n) is 29.9. The van der Waals surface area contributed by atoms with Gasteiger partial charge in [-0.05, 0) is 51.3 Å². The maximum Gasteiger partial charge on any atom is 0.338 e. The van der Waals surface area contributed by atoms with E-state index in [1.165, 1.54) is 34.6 Å². The Morgan fingerprint density at radius 1 is 0.800 bits per heavy atom. The molecule has 3 aliphatic carbocycles. The molecule has 0 aromatic heterocycles. The molecule has 0 amide bonds.